The van der Waals surface area contributed by atoms with Crippen LogP contribution in [0.15, 0.2) is 17.3 Å². The second-order valence-corrected chi connectivity index (χ2v) is 6.10. The van der Waals surface area contributed by atoms with Gasteiger partial charge in [-0.2, -0.15) is 13.2 Å². The molecule has 1 saturated heterocycles. The third-order valence-electron chi connectivity index (χ3n) is 3.92. The molecular weight excluding hydrogens is 363 g/mol. The highest BCUT2D eigenvalue weighted by Crippen LogP contribution is 2.27. The predicted octanol–water partition coefficient (Wildman–Crippen LogP) is 1.08. The second-order valence-electron chi connectivity index (χ2n) is 6.10. The lowest BCUT2D eigenvalue weighted by Gasteiger charge is -2.31. The van der Waals surface area contributed by atoms with Gasteiger partial charge in [-0.25, -0.2) is 9.97 Å². The molecule has 1 atom stereocenters. The zero-order valence-electron chi connectivity index (χ0n) is 15.3. The number of nitrogens with one attached hydrogen (secondary N) is 3. The standard InChI is InChI=1S/C16H24F3N7O/c1-3-20-14(24-11-4-5-13(27)26(2)10-11)22-8-9-23-15-21-7-6-12(25-15)16(17,18)19/h6-7,11H,3-5,8-10H2,1-2H3,(H2,20,22,24)(H,21,23,25). The van der Waals surface area contributed by atoms with Crippen LogP contribution in [0.3, 0.4) is 0 Å². The van der Waals surface area contributed by atoms with Crippen molar-refractivity contribution in [2.45, 2.75) is 32.0 Å². The second kappa shape index (κ2) is 9.38. The molecule has 1 fully saturated rings. The van der Waals surface area contributed by atoms with Gasteiger partial charge < -0.3 is 20.9 Å². The van der Waals surface area contributed by atoms with Crippen molar-refractivity contribution in [2.75, 3.05) is 38.5 Å². The summed E-state index contributed by atoms with van der Waals surface area (Å²) in [6.45, 7) is 3.79. The minimum Gasteiger partial charge on any atom is -0.357 e. The summed E-state index contributed by atoms with van der Waals surface area (Å²) in [5, 5.41) is 9.12. The van der Waals surface area contributed by atoms with Gasteiger partial charge in [-0.05, 0) is 19.4 Å². The number of halogens is 3. The Morgan fingerprint density at radius 1 is 1.44 bits per heavy atom. The number of amides is 1. The molecule has 27 heavy (non-hydrogen) atoms. The van der Waals surface area contributed by atoms with Crippen molar-refractivity contribution in [2.24, 2.45) is 4.99 Å². The van der Waals surface area contributed by atoms with Crippen molar-refractivity contribution >= 4 is 17.8 Å². The molecule has 1 aromatic rings. The molecule has 0 aromatic carbocycles. The van der Waals surface area contributed by atoms with Crippen LogP contribution in [0.2, 0.25) is 0 Å². The van der Waals surface area contributed by atoms with Gasteiger partial charge in [0.15, 0.2) is 5.96 Å². The summed E-state index contributed by atoms with van der Waals surface area (Å²) < 4.78 is 37.9. The van der Waals surface area contributed by atoms with Crippen molar-refractivity contribution < 1.29 is 18.0 Å². The van der Waals surface area contributed by atoms with E-state index in [-0.39, 0.29) is 24.4 Å². The summed E-state index contributed by atoms with van der Waals surface area (Å²) >= 11 is 0. The van der Waals surface area contributed by atoms with Crippen molar-refractivity contribution in [3.63, 3.8) is 0 Å². The largest absolute Gasteiger partial charge is 0.433 e. The number of anilines is 1. The molecule has 150 valence electrons. The van der Waals surface area contributed by atoms with Gasteiger partial charge in [0.25, 0.3) is 0 Å². The number of aliphatic imine (C=N–C) groups is 1. The fourth-order valence-electron chi connectivity index (χ4n) is 2.58. The van der Waals surface area contributed by atoms with E-state index < -0.39 is 11.9 Å². The number of likely N-dealkylation sites (tertiary alicyclic amines) is 1. The summed E-state index contributed by atoms with van der Waals surface area (Å²) in [6, 6.07) is 0.924. The van der Waals surface area contributed by atoms with Gasteiger partial charge >= 0.3 is 6.18 Å². The van der Waals surface area contributed by atoms with E-state index in [0.29, 0.717) is 32.0 Å². The van der Waals surface area contributed by atoms with Crippen LogP contribution in [0.1, 0.15) is 25.5 Å². The number of hydrogen-bond acceptors (Lipinski definition) is 5. The molecule has 2 heterocycles. The number of guanidine groups is 1. The minimum absolute atomic E-state index is 0.0922. The Hall–Kier alpha value is -2.59. The van der Waals surface area contributed by atoms with Crippen LogP contribution in [-0.4, -0.2) is 66.0 Å². The molecule has 0 radical (unpaired) electrons. The molecule has 1 amide bonds. The van der Waals surface area contributed by atoms with Gasteiger partial charge in [-0.3, -0.25) is 9.79 Å². The van der Waals surface area contributed by atoms with Crippen LogP contribution >= 0.6 is 0 Å². The third-order valence-corrected chi connectivity index (χ3v) is 3.92. The quantitative estimate of drug-likeness (QED) is 0.384. The van der Waals surface area contributed by atoms with E-state index in [1.165, 1.54) is 0 Å². The normalized spacial score (nSPS) is 18.4. The van der Waals surface area contributed by atoms with Crippen LogP contribution in [0.5, 0.6) is 0 Å². The molecule has 2 rings (SSSR count). The Bertz CT molecular complexity index is 666. The number of rotatable bonds is 6. The lowest BCUT2D eigenvalue weighted by molar-refractivity contribution is -0.141. The zero-order valence-corrected chi connectivity index (χ0v) is 15.3. The van der Waals surface area contributed by atoms with E-state index in [4.69, 9.17) is 0 Å². The van der Waals surface area contributed by atoms with Crippen molar-refractivity contribution in [1.29, 1.82) is 0 Å². The maximum Gasteiger partial charge on any atom is 0.433 e. The first-order valence-electron chi connectivity index (χ1n) is 8.72. The Morgan fingerprint density at radius 2 is 2.22 bits per heavy atom. The van der Waals surface area contributed by atoms with Crippen LogP contribution in [0, 0.1) is 0 Å². The number of hydrogen-bond donors (Lipinski definition) is 3. The lowest BCUT2D eigenvalue weighted by Crippen LogP contribution is -2.51. The molecule has 0 spiro atoms. The first-order valence-corrected chi connectivity index (χ1v) is 8.72. The first kappa shape index (κ1) is 20.7. The first-order chi connectivity index (χ1) is 12.8. The highest BCUT2D eigenvalue weighted by atomic mass is 19.4. The molecule has 1 unspecified atom stereocenters. The molecule has 1 aliphatic heterocycles. The fourth-order valence-corrected chi connectivity index (χ4v) is 2.58. The van der Waals surface area contributed by atoms with Gasteiger partial charge in [0.05, 0.1) is 6.54 Å². The molecular formula is C16H24F3N7O. The summed E-state index contributed by atoms with van der Waals surface area (Å²) in [5.74, 6) is 0.627. The molecule has 3 N–H and O–H groups in total. The van der Waals surface area contributed by atoms with Crippen LogP contribution in [0.25, 0.3) is 0 Å². The smallest absolute Gasteiger partial charge is 0.357 e. The predicted molar refractivity (Wildman–Crippen MR) is 95.3 cm³/mol. The van der Waals surface area contributed by atoms with E-state index in [0.717, 1.165) is 18.7 Å². The maximum absolute atomic E-state index is 12.6. The lowest BCUT2D eigenvalue weighted by atomic mass is 10.1. The van der Waals surface area contributed by atoms with Crippen LogP contribution in [-0.2, 0) is 11.0 Å². The number of piperidine rings is 1. The summed E-state index contributed by atoms with van der Waals surface area (Å²) in [5.41, 5.74) is -0.991. The number of aromatic nitrogens is 2. The highest BCUT2D eigenvalue weighted by molar-refractivity contribution is 5.81. The van der Waals surface area contributed by atoms with E-state index in [2.05, 4.69) is 30.9 Å². The monoisotopic (exact) mass is 387 g/mol. The molecule has 8 nitrogen and oxygen atoms in total. The Kier molecular flexibility index (Phi) is 7.19. The zero-order chi connectivity index (χ0) is 19.9. The Morgan fingerprint density at radius 3 is 2.89 bits per heavy atom. The molecule has 0 bridgehead atoms. The van der Waals surface area contributed by atoms with E-state index in [1.807, 2.05) is 6.92 Å². The molecule has 0 saturated carbocycles. The van der Waals surface area contributed by atoms with E-state index in [9.17, 15) is 18.0 Å². The molecule has 1 aromatic heterocycles. The average molecular weight is 387 g/mol. The molecule has 11 heteroatoms. The van der Waals surface area contributed by atoms with E-state index >= 15 is 0 Å². The SMILES string of the molecule is CCNC(=NCCNc1nccc(C(F)(F)F)n1)NC1CCC(=O)N(C)C1. The van der Waals surface area contributed by atoms with E-state index in [1.54, 1.807) is 11.9 Å². The Labute approximate surface area is 155 Å². The number of likely N-dealkylation sites (N-methyl/N-ethyl adjacent to an activating group) is 1. The number of carbonyl (C=O) groups excluding carboxylic acids is 1. The van der Waals surface area contributed by atoms with Crippen LogP contribution < -0.4 is 16.0 Å². The van der Waals surface area contributed by atoms with Crippen molar-refractivity contribution in [3.8, 4) is 0 Å². The summed E-state index contributed by atoms with van der Waals surface area (Å²) in [7, 11) is 1.76. The topological polar surface area (TPSA) is 94.5 Å². The minimum atomic E-state index is -4.51. The van der Waals surface area contributed by atoms with Crippen LogP contribution in [0.4, 0.5) is 19.1 Å². The highest BCUT2D eigenvalue weighted by Gasteiger charge is 2.32. The van der Waals surface area contributed by atoms with Gasteiger partial charge in [0.2, 0.25) is 11.9 Å². The third kappa shape index (κ3) is 6.57. The van der Waals surface area contributed by atoms with Crippen molar-refractivity contribution in [3.05, 3.63) is 18.0 Å². The summed E-state index contributed by atoms with van der Waals surface area (Å²) in [4.78, 5) is 24.8. The summed E-state index contributed by atoms with van der Waals surface area (Å²) in [6.07, 6.45) is -2.23. The average Bonchev–Trinajstić information content (AvgIpc) is 2.61. The Balaban J connectivity index is 1.85. The number of alkyl halides is 3. The number of carbonyl (C=O) groups is 1. The van der Waals surface area contributed by atoms with Gasteiger partial charge in [-0.1, -0.05) is 0 Å². The van der Waals surface area contributed by atoms with Gasteiger partial charge in [0.1, 0.15) is 5.69 Å². The molecule has 0 aliphatic carbocycles. The fraction of sp³-hybridized carbons (Fsp3) is 0.625. The number of nitrogens with zero attached hydrogens (tertiary/aromatic N) is 4. The van der Waals surface area contributed by atoms with Gasteiger partial charge in [-0.15, -0.1) is 0 Å². The van der Waals surface area contributed by atoms with Crippen molar-refractivity contribution in [1.82, 2.24) is 25.5 Å². The van der Waals surface area contributed by atoms with Gasteiger partial charge in [0, 0.05) is 45.3 Å². The maximum atomic E-state index is 12.6. The molecule has 1 aliphatic rings.